The summed E-state index contributed by atoms with van der Waals surface area (Å²) in [5.41, 5.74) is 5.49. The Morgan fingerprint density at radius 1 is 1.62 bits per heavy atom. The van der Waals surface area contributed by atoms with E-state index in [0.29, 0.717) is 18.2 Å². The third-order valence-corrected chi connectivity index (χ3v) is 4.30. The molecule has 0 saturated heterocycles. The first-order valence-electron chi connectivity index (χ1n) is 6.91. The maximum atomic E-state index is 12.2. The Hall–Kier alpha value is -1.05. The molecule has 1 aliphatic heterocycles. The third kappa shape index (κ3) is 4.21. The molecule has 1 amide bonds. The van der Waals surface area contributed by atoms with Gasteiger partial charge in [-0.15, -0.1) is 12.4 Å². The molecule has 0 saturated carbocycles. The lowest BCUT2D eigenvalue weighted by Crippen LogP contribution is -2.42. The molecule has 0 radical (unpaired) electrons. The molecule has 0 spiro atoms. The first kappa shape index (κ1) is 18.0. The molecule has 8 heteroatoms. The van der Waals surface area contributed by atoms with E-state index in [0.717, 1.165) is 25.0 Å². The second kappa shape index (κ2) is 8.41. The maximum absolute atomic E-state index is 12.2. The molecule has 3 N–H and O–H groups in total. The van der Waals surface area contributed by atoms with Gasteiger partial charge >= 0.3 is 0 Å². The van der Waals surface area contributed by atoms with Crippen molar-refractivity contribution in [3.63, 3.8) is 0 Å². The van der Waals surface area contributed by atoms with Gasteiger partial charge in [0.25, 0.3) is 11.5 Å². The summed E-state index contributed by atoms with van der Waals surface area (Å²) < 4.78 is 1.56. The van der Waals surface area contributed by atoms with Crippen LogP contribution >= 0.6 is 24.2 Å². The second-order valence-electron chi connectivity index (χ2n) is 4.81. The molecule has 118 valence electrons. The van der Waals surface area contributed by atoms with Crippen LogP contribution in [0.2, 0.25) is 0 Å². The van der Waals surface area contributed by atoms with Crippen LogP contribution in [-0.4, -0.2) is 33.8 Å². The Bertz CT molecular complexity index is 549. The number of amides is 1. The summed E-state index contributed by atoms with van der Waals surface area (Å²) in [5.74, 6) is 0.455. The Labute approximate surface area is 134 Å². The predicted octanol–water partition coefficient (Wildman–Crippen LogP) is 1.02. The summed E-state index contributed by atoms with van der Waals surface area (Å²) in [6.07, 6.45) is 4.25. The van der Waals surface area contributed by atoms with Crippen LogP contribution in [-0.2, 0) is 6.54 Å². The van der Waals surface area contributed by atoms with Crippen molar-refractivity contribution in [2.24, 2.45) is 5.73 Å². The van der Waals surface area contributed by atoms with Crippen molar-refractivity contribution in [1.29, 1.82) is 0 Å². The molecule has 1 unspecified atom stereocenters. The van der Waals surface area contributed by atoms with Gasteiger partial charge in [-0.05, 0) is 6.42 Å². The zero-order valence-corrected chi connectivity index (χ0v) is 13.6. The van der Waals surface area contributed by atoms with Gasteiger partial charge in [0.1, 0.15) is 5.56 Å². The van der Waals surface area contributed by atoms with E-state index in [-0.39, 0.29) is 35.5 Å². The van der Waals surface area contributed by atoms with Crippen molar-refractivity contribution in [2.45, 2.75) is 43.9 Å². The van der Waals surface area contributed by atoms with Gasteiger partial charge < -0.3 is 11.1 Å². The van der Waals surface area contributed by atoms with Crippen LogP contribution in [0.1, 0.15) is 36.5 Å². The minimum absolute atomic E-state index is 0. The average molecular weight is 333 g/mol. The Morgan fingerprint density at radius 2 is 2.38 bits per heavy atom. The molecule has 0 bridgehead atoms. The highest BCUT2D eigenvalue weighted by atomic mass is 35.5. The molecule has 6 nitrogen and oxygen atoms in total. The quantitative estimate of drug-likeness (QED) is 0.759. The molecular formula is C13H21ClN4O2S. The monoisotopic (exact) mass is 332 g/mol. The number of nitrogens with two attached hydrogens (primary N) is 1. The van der Waals surface area contributed by atoms with Crippen LogP contribution in [0.4, 0.5) is 0 Å². The lowest BCUT2D eigenvalue weighted by molar-refractivity contribution is 0.0933. The molecule has 1 aromatic heterocycles. The van der Waals surface area contributed by atoms with Crippen LogP contribution in [0.25, 0.3) is 0 Å². The van der Waals surface area contributed by atoms with E-state index in [1.165, 1.54) is 18.0 Å². The van der Waals surface area contributed by atoms with E-state index < -0.39 is 0 Å². The van der Waals surface area contributed by atoms with Gasteiger partial charge in [-0.2, -0.15) is 0 Å². The first-order chi connectivity index (χ1) is 9.67. The summed E-state index contributed by atoms with van der Waals surface area (Å²) in [6, 6.07) is -0.0884. The predicted molar refractivity (Wildman–Crippen MR) is 86.3 cm³/mol. The highest BCUT2D eigenvalue weighted by Gasteiger charge is 2.21. The SMILES string of the molecule is CCCCC(CN)NC(=O)c1cnc2n(c1=O)CCS2.Cl. The summed E-state index contributed by atoms with van der Waals surface area (Å²) in [7, 11) is 0. The van der Waals surface area contributed by atoms with Gasteiger partial charge in [0.05, 0.1) is 0 Å². The fourth-order valence-electron chi connectivity index (χ4n) is 2.14. The van der Waals surface area contributed by atoms with Crippen LogP contribution < -0.4 is 16.6 Å². The summed E-state index contributed by atoms with van der Waals surface area (Å²) in [5, 5.41) is 3.51. The standard InChI is InChI=1S/C13H20N4O2S.ClH/c1-2-3-4-9(7-14)16-11(18)10-8-15-13-17(12(10)19)5-6-20-13;/h8-9H,2-7,14H2,1H3,(H,16,18);1H. The van der Waals surface area contributed by atoms with Crippen molar-refractivity contribution in [3.05, 3.63) is 22.1 Å². The first-order valence-corrected chi connectivity index (χ1v) is 7.89. The van der Waals surface area contributed by atoms with Gasteiger partial charge in [-0.25, -0.2) is 4.98 Å². The molecule has 1 aromatic rings. The van der Waals surface area contributed by atoms with Crippen LogP contribution in [0.15, 0.2) is 16.1 Å². The minimum Gasteiger partial charge on any atom is -0.348 e. The van der Waals surface area contributed by atoms with E-state index in [1.54, 1.807) is 4.57 Å². The van der Waals surface area contributed by atoms with Gasteiger partial charge in [-0.1, -0.05) is 31.5 Å². The Kier molecular flexibility index (Phi) is 7.21. The average Bonchev–Trinajstić information content (AvgIpc) is 2.93. The van der Waals surface area contributed by atoms with E-state index in [1.807, 2.05) is 0 Å². The number of thioether (sulfide) groups is 1. The summed E-state index contributed by atoms with van der Waals surface area (Å²) in [4.78, 5) is 28.5. The number of fused-ring (bicyclic) bond motifs is 1. The van der Waals surface area contributed by atoms with E-state index in [4.69, 9.17) is 5.73 Å². The summed E-state index contributed by atoms with van der Waals surface area (Å²) >= 11 is 1.53. The van der Waals surface area contributed by atoms with Gasteiger partial charge in [0.2, 0.25) is 0 Å². The van der Waals surface area contributed by atoms with E-state index in [9.17, 15) is 9.59 Å². The molecule has 0 fully saturated rings. The van der Waals surface area contributed by atoms with Crippen molar-refractivity contribution in [1.82, 2.24) is 14.9 Å². The van der Waals surface area contributed by atoms with E-state index in [2.05, 4.69) is 17.2 Å². The number of unbranched alkanes of at least 4 members (excludes halogenated alkanes) is 1. The molecule has 1 aliphatic rings. The van der Waals surface area contributed by atoms with Crippen molar-refractivity contribution in [3.8, 4) is 0 Å². The molecule has 0 aliphatic carbocycles. The normalized spacial score (nSPS) is 14.2. The van der Waals surface area contributed by atoms with Crippen LogP contribution in [0.3, 0.4) is 0 Å². The van der Waals surface area contributed by atoms with E-state index >= 15 is 0 Å². The smallest absolute Gasteiger partial charge is 0.267 e. The maximum Gasteiger partial charge on any atom is 0.267 e. The second-order valence-corrected chi connectivity index (χ2v) is 5.87. The Morgan fingerprint density at radius 3 is 3.05 bits per heavy atom. The summed E-state index contributed by atoms with van der Waals surface area (Å²) in [6.45, 7) is 3.08. The minimum atomic E-state index is -0.374. The number of aromatic nitrogens is 2. The fourth-order valence-corrected chi connectivity index (χ4v) is 3.05. The number of halogens is 1. The number of nitrogens with one attached hydrogen (secondary N) is 1. The van der Waals surface area contributed by atoms with Crippen molar-refractivity contribution >= 4 is 30.1 Å². The molecule has 0 aromatic carbocycles. The topological polar surface area (TPSA) is 90.0 Å². The molecule has 2 heterocycles. The molecule has 2 rings (SSSR count). The third-order valence-electron chi connectivity index (χ3n) is 3.33. The van der Waals surface area contributed by atoms with Gasteiger partial charge in [0.15, 0.2) is 5.16 Å². The van der Waals surface area contributed by atoms with Crippen molar-refractivity contribution in [2.75, 3.05) is 12.3 Å². The lowest BCUT2D eigenvalue weighted by atomic mass is 10.1. The van der Waals surface area contributed by atoms with Crippen molar-refractivity contribution < 1.29 is 4.79 Å². The van der Waals surface area contributed by atoms with Gasteiger partial charge in [-0.3, -0.25) is 14.2 Å². The zero-order chi connectivity index (χ0) is 14.5. The highest BCUT2D eigenvalue weighted by Crippen LogP contribution is 2.20. The fraction of sp³-hybridized carbons (Fsp3) is 0.615. The number of carbonyl (C=O) groups excluding carboxylic acids is 1. The van der Waals surface area contributed by atoms with Crippen LogP contribution in [0, 0.1) is 0 Å². The van der Waals surface area contributed by atoms with Crippen LogP contribution in [0.5, 0.6) is 0 Å². The number of rotatable bonds is 6. The number of carbonyl (C=O) groups is 1. The molecular weight excluding hydrogens is 312 g/mol. The molecule has 1 atom stereocenters. The number of nitrogens with zero attached hydrogens (tertiary/aromatic N) is 2. The lowest BCUT2D eigenvalue weighted by Gasteiger charge is -2.16. The highest BCUT2D eigenvalue weighted by molar-refractivity contribution is 7.99. The largest absolute Gasteiger partial charge is 0.348 e. The van der Waals surface area contributed by atoms with Gasteiger partial charge in [0, 0.05) is 31.1 Å². The molecule has 21 heavy (non-hydrogen) atoms. The Balaban J connectivity index is 0.00000220. The zero-order valence-electron chi connectivity index (χ0n) is 12.0. The number of hydrogen-bond acceptors (Lipinski definition) is 5. The number of hydrogen-bond donors (Lipinski definition) is 2.